The van der Waals surface area contributed by atoms with E-state index in [1.807, 2.05) is 41.9 Å². The molecule has 2 aliphatic rings. The first-order chi connectivity index (χ1) is 14.0. The summed E-state index contributed by atoms with van der Waals surface area (Å²) in [6.45, 7) is 3.19. The lowest BCUT2D eigenvalue weighted by molar-refractivity contribution is 0.114. The van der Waals surface area contributed by atoms with Crippen molar-refractivity contribution in [2.24, 2.45) is 13.0 Å². The number of likely N-dealkylation sites (tertiary alicyclic amines) is 1. The van der Waals surface area contributed by atoms with Crippen molar-refractivity contribution in [2.45, 2.75) is 25.4 Å². The largest absolute Gasteiger partial charge is 0.497 e. The lowest BCUT2D eigenvalue weighted by Crippen LogP contribution is -2.47. The van der Waals surface area contributed by atoms with E-state index in [-0.39, 0.29) is 11.1 Å². The molecule has 0 aliphatic carbocycles. The minimum Gasteiger partial charge on any atom is -0.497 e. The molecule has 5 rings (SSSR count). The molecular weight excluding hydrogens is 366 g/mol. The third-order valence-electron chi connectivity index (χ3n) is 6.45. The van der Waals surface area contributed by atoms with Crippen LogP contribution in [0.3, 0.4) is 0 Å². The van der Waals surface area contributed by atoms with Crippen LogP contribution in [0, 0.1) is 5.92 Å². The molecule has 0 N–H and O–H groups in total. The molecule has 29 heavy (non-hydrogen) atoms. The molecule has 0 unspecified atom stereocenters. The maximum absolute atomic E-state index is 13.0. The standard InChI is InChI=1S/C23H25N3O3/c1-24-20-7-6-19(29-2)10-16(20)9-18(23(24)28)14-25-11-15-8-17(13-25)21-4-3-5-22(27)26(21)12-15/h3-7,9-10,15,17H,8,11-14H2,1-2H3/t15-,17+/m0/s1. The van der Waals surface area contributed by atoms with Crippen LogP contribution < -0.4 is 15.9 Å². The van der Waals surface area contributed by atoms with Gasteiger partial charge in [0.15, 0.2) is 0 Å². The quantitative estimate of drug-likeness (QED) is 0.688. The van der Waals surface area contributed by atoms with Gasteiger partial charge in [0.25, 0.3) is 11.1 Å². The van der Waals surface area contributed by atoms with Gasteiger partial charge in [-0.2, -0.15) is 0 Å². The maximum atomic E-state index is 13.0. The minimum absolute atomic E-state index is 0.0509. The van der Waals surface area contributed by atoms with Crippen LogP contribution in [0.15, 0.2) is 52.1 Å². The number of hydrogen-bond acceptors (Lipinski definition) is 4. The summed E-state index contributed by atoms with van der Waals surface area (Å²) in [4.78, 5) is 27.6. The van der Waals surface area contributed by atoms with E-state index in [1.54, 1.807) is 17.7 Å². The van der Waals surface area contributed by atoms with Gasteiger partial charge in [0.2, 0.25) is 0 Å². The summed E-state index contributed by atoms with van der Waals surface area (Å²) in [5, 5.41) is 1.01. The first kappa shape index (κ1) is 18.2. The van der Waals surface area contributed by atoms with Gasteiger partial charge in [-0.1, -0.05) is 6.07 Å². The van der Waals surface area contributed by atoms with Gasteiger partial charge in [0.1, 0.15) is 5.75 Å². The Labute approximate surface area is 168 Å². The Morgan fingerprint density at radius 2 is 1.93 bits per heavy atom. The van der Waals surface area contributed by atoms with Gasteiger partial charge in [-0.15, -0.1) is 0 Å². The van der Waals surface area contributed by atoms with E-state index in [4.69, 9.17) is 4.74 Å². The SMILES string of the molecule is COc1ccc2c(c1)cc(CN1C[C@@H]3C[C@H](C1)c1cccc(=O)n1C3)c(=O)n2C. The summed E-state index contributed by atoms with van der Waals surface area (Å²) in [6, 6.07) is 13.4. The number of rotatable bonds is 3. The smallest absolute Gasteiger partial charge is 0.255 e. The lowest BCUT2D eigenvalue weighted by Gasteiger charge is -2.42. The molecular formula is C23H25N3O3. The van der Waals surface area contributed by atoms with Crippen LogP contribution in [0.25, 0.3) is 10.9 Å². The molecule has 2 bridgehead atoms. The van der Waals surface area contributed by atoms with Crippen LogP contribution in [-0.4, -0.2) is 34.2 Å². The zero-order chi connectivity index (χ0) is 20.1. The summed E-state index contributed by atoms with van der Waals surface area (Å²) in [5.74, 6) is 1.59. The van der Waals surface area contributed by atoms with Crippen molar-refractivity contribution in [3.05, 3.63) is 74.4 Å². The molecule has 2 aromatic heterocycles. The highest BCUT2D eigenvalue weighted by Gasteiger charge is 2.34. The van der Waals surface area contributed by atoms with Gasteiger partial charge in [0, 0.05) is 61.9 Å². The Kier molecular flexibility index (Phi) is 4.32. The second-order valence-electron chi connectivity index (χ2n) is 8.35. The number of piperidine rings is 1. The first-order valence-corrected chi connectivity index (χ1v) is 10.1. The third-order valence-corrected chi connectivity index (χ3v) is 6.45. The molecule has 0 radical (unpaired) electrons. The predicted molar refractivity (Wildman–Crippen MR) is 113 cm³/mol. The van der Waals surface area contributed by atoms with Crippen LogP contribution in [0.2, 0.25) is 0 Å². The fraction of sp³-hybridized carbons (Fsp3) is 0.391. The third kappa shape index (κ3) is 3.08. The van der Waals surface area contributed by atoms with Gasteiger partial charge in [0.05, 0.1) is 12.6 Å². The molecule has 0 saturated carbocycles. The summed E-state index contributed by atoms with van der Waals surface area (Å²) in [7, 11) is 3.48. The van der Waals surface area contributed by atoms with E-state index in [2.05, 4.69) is 11.0 Å². The average Bonchev–Trinajstić information content (AvgIpc) is 2.72. The average molecular weight is 391 g/mol. The molecule has 1 fully saturated rings. The van der Waals surface area contributed by atoms with E-state index in [1.165, 1.54) is 0 Å². The molecule has 3 aromatic rings. The van der Waals surface area contributed by atoms with Gasteiger partial charge in [-0.25, -0.2) is 0 Å². The number of aromatic nitrogens is 2. The molecule has 2 atom stereocenters. The van der Waals surface area contributed by atoms with Crippen molar-refractivity contribution < 1.29 is 4.74 Å². The second-order valence-corrected chi connectivity index (χ2v) is 8.35. The van der Waals surface area contributed by atoms with E-state index in [9.17, 15) is 9.59 Å². The summed E-state index contributed by atoms with van der Waals surface area (Å²) >= 11 is 0. The van der Waals surface area contributed by atoms with Crippen LogP contribution in [-0.2, 0) is 20.1 Å². The number of methoxy groups -OCH3 is 1. The van der Waals surface area contributed by atoms with Gasteiger partial charge < -0.3 is 13.9 Å². The van der Waals surface area contributed by atoms with Crippen molar-refractivity contribution in [3.63, 3.8) is 0 Å². The predicted octanol–water partition coefficient (Wildman–Crippen LogP) is 2.33. The van der Waals surface area contributed by atoms with E-state index < -0.39 is 0 Å². The highest BCUT2D eigenvalue weighted by Crippen LogP contribution is 2.35. The van der Waals surface area contributed by atoms with Crippen LogP contribution >= 0.6 is 0 Å². The van der Waals surface area contributed by atoms with Crippen molar-refractivity contribution in [1.82, 2.24) is 14.0 Å². The molecule has 2 aliphatic heterocycles. The monoisotopic (exact) mass is 391 g/mol. The van der Waals surface area contributed by atoms with Crippen molar-refractivity contribution in [1.29, 1.82) is 0 Å². The van der Waals surface area contributed by atoms with E-state index >= 15 is 0 Å². The van der Waals surface area contributed by atoms with Gasteiger partial charge >= 0.3 is 0 Å². The fourth-order valence-electron chi connectivity index (χ4n) is 5.13. The topological polar surface area (TPSA) is 56.5 Å². The summed E-state index contributed by atoms with van der Waals surface area (Å²) in [6.07, 6.45) is 1.12. The molecule has 0 amide bonds. The van der Waals surface area contributed by atoms with Crippen LogP contribution in [0.4, 0.5) is 0 Å². The zero-order valence-electron chi connectivity index (χ0n) is 16.8. The van der Waals surface area contributed by atoms with Gasteiger partial charge in [-0.3, -0.25) is 14.5 Å². The Morgan fingerprint density at radius 1 is 1.07 bits per heavy atom. The Morgan fingerprint density at radius 3 is 2.76 bits per heavy atom. The summed E-state index contributed by atoms with van der Waals surface area (Å²) < 4.78 is 9.02. The van der Waals surface area contributed by atoms with Crippen molar-refractivity contribution in [3.8, 4) is 5.75 Å². The Hall–Kier alpha value is -2.86. The van der Waals surface area contributed by atoms with E-state index in [0.29, 0.717) is 18.4 Å². The Bertz CT molecular complexity index is 1210. The number of fused-ring (bicyclic) bond motifs is 5. The normalized spacial score (nSPS) is 21.2. The number of aryl methyl sites for hydroxylation is 1. The van der Waals surface area contributed by atoms with Crippen LogP contribution in [0.1, 0.15) is 23.6 Å². The maximum Gasteiger partial charge on any atom is 0.255 e. The number of benzene rings is 1. The fourth-order valence-corrected chi connectivity index (χ4v) is 5.13. The summed E-state index contributed by atoms with van der Waals surface area (Å²) in [5.41, 5.74) is 3.00. The molecule has 150 valence electrons. The number of pyridine rings is 2. The lowest BCUT2D eigenvalue weighted by atomic mass is 9.83. The number of ether oxygens (including phenoxy) is 1. The van der Waals surface area contributed by atoms with Crippen LogP contribution in [0.5, 0.6) is 5.75 Å². The highest BCUT2D eigenvalue weighted by molar-refractivity contribution is 5.81. The number of nitrogens with zero attached hydrogens (tertiary/aromatic N) is 3. The van der Waals surface area contributed by atoms with Crippen molar-refractivity contribution >= 4 is 10.9 Å². The molecule has 1 aromatic carbocycles. The minimum atomic E-state index is 0.0509. The Balaban J connectivity index is 1.47. The highest BCUT2D eigenvalue weighted by atomic mass is 16.5. The molecule has 0 spiro atoms. The van der Waals surface area contributed by atoms with E-state index in [0.717, 1.165) is 54.0 Å². The molecule has 6 nitrogen and oxygen atoms in total. The molecule has 6 heteroatoms. The first-order valence-electron chi connectivity index (χ1n) is 10.1. The molecule has 4 heterocycles. The second kappa shape index (κ2) is 6.88. The van der Waals surface area contributed by atoms with Gasteiger partial charge in [-0.05, 0) is 42.7 Å². The zero-order valence-corrected chi connectivity index (χ0v) is 16.8. The number of hydrogen-bond donors (Lipinski definition) is 0. The van der Waals surface area contributed by atoms with Crippen molar-refractivity contribution in [2.75, 3.05) is 20.2 Å². The molecule has 1 saturated heterocycles.